The van der Waals surface area contributed by atoms with Gasteiger partial charge in [-0.15, -0.1) is 5.10 Å². The van der Waals surface area contributed by atoms with E-state index in [9.17, 15) is 0 Å². The third-order valence-corrected chi connectivity index (χ3v) is 1.15. The van der Waals surface area contributed by atoms with Crippen molar-refractivity contribution in [2.45, 2.75) is 13.0 Å². The molecule has 1 aromatic heterocycles. The topological polar surface area (TPSA) is 82.8 Å². The van der Waals surface area contributed by atoms with E-state index in [0.717, 1.165) is 13.0 Å². The summed E-state index contributed by atoms with van der Waals surface area (Å²) in [6.45, 7) is 1.46. The minimum Gasteiger partial charge on any atom is -0.367 e. The number of nitrogens with zero attached hydrogens (tertiary/aromatic N) is 3. The van der Waals surface area contributed by atoms with Gasteiger partial charge in [0.2, 0.25) is 5.95 Å². The Kier molecular flexibility index (Phi) is 2.22. The molecule has 0 bridgehead atoms. The molecule has 0 saturated carbocycles. The lowest BCUT2D eigenvalue weighted by atomic mass is 10.4. The molecule has 0 amide bonds. The number of hydrogen-bond acceptors (Lipinski definition) is 4. The molecule has 0 aliphatic rings. The summed E-state index contributed by atoms with van der Waals surface area (Å²) in [5.41, 5.74) is 10.6. The van der Waals surface area contributed by atoms with Crippen LogP contribution in [0.4, 0.5) is 5.95 Å². The van der Waals surface area contributed by atoms with E-state index in [0.29, 0.717) is 12.5 Å². The minimum absolute atomic E-state index is 0.317. The van der Waals surface area contributed by atoms with Gasteiger partial charge in [-0.05, 0) is 13.0 Å². The van der Waals surface area contributed by atoms with E-state index < -0.39 is 0 Å². The quantitative estimate of drug-likeness (QED) is 0.577. The van der Waals surface area contributed by atoms with Crippen LogP contribution in [0.1, 0.15) is 6.42 Å². The number of aromatic nitrogens is 3. The van der Waals surface area contributed by atoms with Crippen molar-refractivity contribution in [2.24, 2.45) is 5.73 Å². The SMILES string of the molecule is NCCCn1cnc(N)n1. The fraction of sp³-hybridized carbons (Fsp3) is 0.600. The van der Waals surface area contributed by atoms with Gasteiger partial charge < -0.3 is 11.5 Å². The van der Waals surface area contributed by atoms with Crippen LogP contribution < -0.4 is 11.5 Å². The van der Waals surface area contributed by atoms with Crippen molar-refractivity contribution in [3.63, 3.8) is 0 Å². The molecule has 0 saturated heterocycles. The van der Waals surface area contributed by atoms with Crippen LogP contribution in [0.25, 0.3) is 0 Å². The third-order valence-electron chi connectivity index (χ3n) is 1.15. The van der Waals surface area contributed by atoms with Crippen LogP contribution in [0.2, 0.25) is 0 Å². The van der Waals surface area contributed by atoms with Crippen LogP contribution in [0.5, 0.6) is 0 Å². The van der Waals surface area contributed by atoms with Gasteiger partial charge in [0.1, 0.15) is 6.33 Å². The Labute approximate surface area is 59.0 Å². The number of nitrogens with two attached hydrogens (primary N) is 2. The molecule has 0 unspecified atom stereocenters. The van der Waals surface area contributed by atoms with Gasteiger partial charge in [-0.1, -0.05) is 0 Å². The summed E-state index contributed by atoms with van der Waals surface area (Å²) < 4.78 is 1.68. The maximum atomic E-state index is 5.29. The standard InChI is InChI=1S/C5H11N5/c6-2-1-3-10-4-8-5(7)9-10/h4H,1-3,6H2,(H2,7,9). The van der Waals surface area contributed by atoms with E-state index in [1.807, 2.05) is 0 Å². The molecule has 0 aliphatic carbocycles. The molecule has 1 heterocycles. The number of hydrogen-bond donors (Lipinski definition) is 2. The Hall–Kier alpha value is -1.10. The van der Waals surface area contributed by atoms with Crippen molar-refractivity contribution < 1.29 is 0 Å². The van der Waals surface area contributed by atoms with Crippen molar-refractivity contribution in [1.82, 2.24) is 14.8 Å². The number of rotatable bonds is 3. The Morgan fingerprint density at radius 3 is 2.90 bits per heavy atom. The van der Waals surface area contributed by atoms with Gasteiger partial charge in [0.15, 0.2) is 0 Å². The van der Waals surface area contributed by atoms with Gasteiger partial charge in [0, 0.05) is 6.54 Å². The summed E-state index contributed by atoms with van der Waals surface area (Å²) in [6, 6.07) is 0. The van der Waals surface area contributed by atoms with Crippen molar-refractivity contribution in [3.8, 4) is 0 Å². The van der Waals surface area contributed by atoms with E-state index in [1.165, 1.54) is 0 Å². The zero-order valence-electron chi connectivity index (χ0n) is 5.70. The van der Waals surface area contributed by atoms with E-state index in [1.54, 1.807) is 11.0 Å². The fourth-order valence-corrected chi connectivity index (χ4v) is 0.670. The minimum atomic E-state index is 0.317. The molecule has 1 aromatic rings. The maximum absolute atomic E-state index is 5.29. The number of nitrogen functional groups attached to an aromatic ring is 1. The lowest BCUT2D eigenvalue weighted by molar-refractivity contribution is 0.585. The highest BCUT2D eigenvalue weighted by atomic mass is 15.3. The van der Waals surface area contributed by atoms with Gasteiger partial charge in [-0.25, -0.2) is 4.98 Å². The Bertz CT molecular complexity index is 194. The molecule has 56 valence electrons. The van der Waals surface area contributed by atoms with Crippen molar-refractivity contribution >= 4 is 5.95 Å². The predicted molar refractivity (Wildman–Crippen MR) is 38.1 cm³/mol. The van der Waals surface area contributed by atoms with Crippen LogP contribution in [0.3, 0.4) is 0 Å². The summed E-state index contributed by atoms with van der Waals surface area (Å²) in [6.07, 6.45) is 2.51. The monoisotopic (exact) mass is 141 g/mol. The van der Waals surface area contributed by atoms with Crippen LogP contribution in [-0.2, 0) is 6.54 Å². The molecule has 0 aromatic carbocycles. The molecular formula is C5H11N5. The summed E-state index contributed by atoms with van der Waals surface area (Å²) in [5, 5.41) is 3.88. The Balaban J connectivity index is 2.42. The zero-order chi connectivity index (χ0) is 7.40. The second kappa shape index (κ2) is 3.17. The number of aryl methyl sites for hydroxylation is 1. The van der Waals surface area contributed by atoms with Crippen molar-refractivity contribution in [2.75, 3.05) is 12.3 Å². The van der Waals surface area contributed by atoms with Gasteiger partial charge in [0.05, 0.1) is 0 Å². The van der Waals surface area contributed by atoms with Crippen LogP contribution in [0, 0.1) is 0 Å². The molecule has 0 radical (unpaired) electrons. The fourth-order valence-electron chi connectivity index (χ4n) is 0.670. The molecule has 5 nitrogen and oxygen atoms in total. The summed E-state index contributed by atoms with van der Waals surface area (Å²) in [4.78, 5) is 3.76. The first-order valence-corrected chi connectivity index (χ1v) is 3.18. The van der Waals surface area contributed by atoms with Gasteiger partial charge in [0.25, 0.3) is 0 Å². The second-order valence-electron chi connectivity index (χ2n) is 2.01. The lowest BCUT2D eigenvalue weighted by Gasteiger charge is -1.94. The highest BCUT2D eigenvalue weighted by Crippen LogP contribution is 1.90. The first-order chi connectivity index (χ1) is 4.83. The van der Waals surface area contributed by atoms with E-state index in [4.69, 9.17) is 11.5 Å². The molecule has 0 atom stereocenters. The molecule has 10 heavy (non-hydrogen) atoms. The molecule has 0 fully saturated rings. The summed E-state index contributed by atoms with van der Waals surface area (Å²) in [5.74, 6) is 0.317. The summed E-state index contributed by atoms with van der Waals surface area (Å²) in [7, 11) is 0. The maximum Gasteiger partial charge on any atom is 0.239 e. The van der Waals surface area contributed by atoms with Crippen LogP contribution in [0.15, 0.2) is 6.33 Å². The van der Waals surface area contributed by atoms with Gasteiger partial charge in [-0.3, -0.25) is 4.68 Å². The number of anilines is 1. The zero-order valence-corrected chi connectivity index (χ0v) is 5.70. The average molecular weight is 141 g/mol. The predicted octanol–water partition coefficient (Wildman–Crippen LogP) is -0.791. The van der Waals surface area contributed by atoms with E-state index in [-0.39, 0.29) is 0 Å². The van der Waals surface area contributed by atoms with E-state index >= 15 is 0 Å². The van der Waals surface area contributed by atoms with Crippen LogP contribution >= 0.6 is 0 Å². The summed E-state index contributed by atoms with van der Waals surface area (Å²) >= 11 is 0. The first-order valence-electron chi connectivity index (χ1n) is 3.18. The normalized spacial score (nSPS) is 10.1. The van der Waals surface area contributed by atoms with Gasteiger partial charge >= 0.3 is 0 Å². The Morgan fingerprint density at radius 1 is 1.60 bits per heavy atom. The van der Waals surface area contributed by atoms with Crippen LogP contribution in [-0.4, -0.2) is 21.3 Å². The highest BCUT2D eigenvalue weighted by molar-refractivity contribution is 5.08. The molecule has 0 aliphatic heterocycles. The average Bonchev–Trinajstić information content (AvgIpc) is 2.31. The highest BCUT2D eigenvalue weighted by Gasteiger charge is 1.92. The van der Waals surface area contributed by atoms with Crippen molar-refractivity contribution in [1.29, 1.82) is 0 Å². The largest absolute Gasteiger partial charge is 0.367 e. The molecule has 4 N–H and O–H groups in total. The smallest absolute Gasteiger partial charge is 0.239 e. The lowest BCUT2D eigenvalue weighted by Crippen LogP contribution is -2.06. The van der Waals surface area contributed by atoms with Gasteiger partial charge in [-0.2, -0.15) is 0 Å². The molecule has 5 heteroatoms. The Morgan fingerprint density at radius 2 is 2.40 bits per heavy atom. The third kappa shape index (κ3) is 1.70. The first kappa shape index (κ1) is 7.01. The molecule has 0 spiro atoms. The molecule has 1 rings (SSSR count). The second-order valence-corrected chi connectivity index (χ2v) is 2.01. The molecular weight excluding hydrogens is 130 g/mol. The van der Waals surface area contributed by atoms with Crippen molar-refractivity contribution in [3.05, 3.63) is 6.33 Å². The van der Waals surface area contributed by atoms with E-state index in [2.05, 4.69) is 10.1 Å².